The Hall–Kier alpha value is -0.120. The van der Waals surface area contributed by atoms with Crippen molar-refractivity contribution in [2.45, 2.75) is 62.9 Å². The molecule has 3 rings (SSSR count). The zero-order chi connectivity index (χ0) is 10.3. The van der Waals surface area contributed by atoms with E-state index in [0.717, 1.165) is 32.4 Å². The molecule has 0 aromatic heterocycles. The molecule has 3 nitrogen and oxygen atoms in total. The molecular weight excluding hydrogens is 190 g/mol. The van der Waals surface area contributed by atoms with Crippen LogP contribution in [0.4, 0.5) is 0 Å². The molecule has 0 aromatic carbocycles. The summed E-state index contributed by atoms with van der Waals surface area (Å²) in [6.07, 6.45) is 7.64. The molecule has 3 heteroatoms. The van der Waals surface area contributed by atoms with Gasteiger partial charge in [-0.05, 0) is 38.8 Å². The number of hydrogen-bond donors (Lipinski definition) is 1. The van der Waals surface area contributed by atoms with Crippen molar-refractivity contribution in [2.75, 3.05) is 13.1 Å². The first kappa shape index (κ1) is 10.1. The molecule has 3 aliphatic heterocycles. The molecule has 3 saturated heterocycles. The summed E-state index contributed by atoms with van der Waals surface area (Å²) in [5, 5.41) is 10.2. The third-order valence-corrected chi connectivity index (χ3v) is 4.23. The molecule has 86 valence electrons. The van der Waals surface area contributed by atoms with Crippen LogP contribution in [0.15, 0.2) is 0 Å². The molecule has 15 heavy (non-hydrogen) atoms. The molecular formula is C12H21NO2. The smallest absolute Gasteiger partial charge is 0.0760 e. The summed E-state index contributed by atoms with van der Waals surface area (Å²) in [6.45, 7) is 2.32. The minimum atomic E-state index is -0.144. The highest BCUT2D eigenvalue weighted by molar-refractivity contribution is 4.97. The summed E-state index contributed by atoms with van der Waals surface area (Å²) in [5.74, 6) is 0. The van der Waals surface area contributed by atoms with Gasteiger partial charge in [-0.15, -0.1) is 0 Å². The first-order valence-electron chi connectivity index (χ1n) is 6.42. The van der Waals surface area contributed by atoms with Crippen LogP contribution in [0.1, 0.15) is 38.5 Å². The van der Waals surface area contributed by atoms with E-state index in [9.17, 15) is 5.11 Å². The molecule has 1 N–H and O–H groups in total. The summed E-state index contributed by atoms with van der Waals surface area (Å²) < 4.78 is 5.93. The van der Waals surface area contributed by atoms with E-state index in [1.807, 2.05) is 0 Å². The van der Waals surface area contributed by atoms with Gasteiger partial charge in [0.1, 0.15) is 0 Å². The molecule has 0 radical (unpaired) electrons. The summed E-state index contributed by atoms with van der Waals surface area (Å²) in [5.41, 5.74) is 0. The van der Waals surface area contributed by atoms with Gasteiger partial charge in [0.25, 0.3) is 0 Å². The first-order valence-corrected chi connectivity index (χ1v) is 6.42. The highest BCUT2D eigenvalue weighted by Crippen LogP contribution is 2.36. The van der Waals surface area contributed by atoms with Crippen LogP contribution in [-0.2, 0) is 4.74 Å². The number of aliphatic hydroxyl groups is 1. The topological polar surface area (TPSA) is 32.7 Å². The highest BCUT2D eigenvalue weighted by atomic mass is 16.5. The second-order valence-corrected chi connectivity index (χ2v) is 5.26. The Morgan fingerprint density at radius 3 is 2.67 bits per heavy atom. The van der Waals surface area contributed by atoms with Crippen molar-refractivity contribution in [1.29, 1.82) is 0 Å². The van der Waals surface area contributed by atoms with Crippen LogP contribution in [0.5, 0.6) is 0 Å². The van der Waals surface area contributed by atoms with Crippen molar-refractivity contribution in [3.8, 4) is 0 Å². The first-order chi connectivity index (χ1) is 7.34. The predicted molar refractivity (Wildman–Crippen MR) is 57.7 cm³/mol. The van der Waals surface area contributed by atoms with Crippen molar-refractivity contribution in [2.24, 2.45) is 0 Å². The lowest BCUT2D eigenvalue weighted by Gasteiger charge is -2.43. The number of fused-ring (bicyclic) bond motifs is 2. The van der Waals surface area contributed by atoms with Crippen molar-refractivity contribution in [3.05, 3.63) is 0 Å². The summed E-state index contributed by atoms with van der Waals surface area (Å²) in [6, 6.07) is 0.295. The van der Waals surface area contributed by atoms with Gasteiger partial charge in [0.2, 0.25) is 0 Å². The van der Waals surface area contributed by atoms with Crippen molar-refractivity contribution in [3.63, 3.8) is 0 Å². The minimum Gasteiger partial charge on any atom is -0.391 e. The lowest BCUT2D eigenvalue weighted by Crippen LogP contribution is -2.55. The highest BCUT2D eigenvalue weighted by Gasteiger charge is 2.44. The van der Waals surface area contributed by atoms with Crippen LogP contribution in [-0.4, -0.2) is 47.4 Å². The summed E-state index contributed by atoms with van der Waals surface area (Å²) in [4.78, 5) is 2.47. The van der Waals surface area contributed by atoms with E-state index in [0.29, 0.717) is 18.2 Å². The lowest BCUT2D eigenvalue weighted by atomic mass is 9.96. The second kappa shape index (κ2) is 4.04. The Bertz CT molecular complexity index is 228. The summed E-state index contributed by atoms with van der Waals surface area (Å²) >= 11 is 0. The van der Waals surface area contributed by atoms with E-state index in [1.165, 1.54) is 19.3 Å². The van der Waals surface area contributed by atoms with Crippen LogP contribution in [0, 0.1) is 0 Å². The number of hydrogen-bond acceptors (Lipinski definition) is 3. The Balaban J connectivity index is 1.71. The zero-order valence-corrected chi connectivity index (χ0v) is 9.27. The number of nitrogens with zero attached hydrogens (tertiary/aromatic N) is 1. The van der Waals surface area contributed by atoms with Gasteiger partial charge in [0.15, 0.2) is 0 Å². The number of piperidine rings is 1. The maximum atomic E-state index is 10.2. The molecule has 0 amide bonds. The standard InChI is InChI=1S/C12H21NO2/c14-10-8-9-4-5-11(15-9)12(10)13-6-2-1-3-7-13/h9-12,14H,1-8H2/t9-,10+,11+,12+/m1/s1. The normalized spacial score (nSPS) is 47.0. The quantitative estimate of drug-likeness (QED) is 0.706. The molecule has 0 unspecified atom stereocenters. The molecule has 0 aliphatic carbocycles. The van der Waals surface area contributed by atoms with Gasteiger partial charge >= 0.3 is 0 Å². The Morgan fingerprint density at radius 2 is 1.87 bits per heavy atom. The monoisotopic (exact) mass is 211 g/mol. The maximum Gasteiger partial charge on any atom is 0.0760 e. The fourth-order valence-corrected chi connectivity index (χ4v) is 3.51. The second-order valence-electron chi connectivity index (χ2n) is 5.26. The fraction of sp³-hybridized carbons (Fsp3) is 1.00. The number of ether oxygens (including phenoxy) is 1. The fourth-order valence-electron chi connectivity index (χ4n) is 3.51. The average Bonchev–Trinajstić information content (AvgIpc) is 2.62. The van der Waals surface area contributed by atoms with Gasteiger partial charge in [-0.25, -0.2) is 0 Å². The van der Waals surface area contributed by atoms with Crippen molar-refractivity contribution in [1.82, 2.24) is 4.90 Å². The van der Waals surface area contributed by atoms with Crippen LogP contribution in [0.25, 0.3) is 0 Å². The van der Waals surface area contributed by atoms with Crippen LogP contribution < -0.4 is 0 Å². The van der Waals surface area contributed by atoms with Gasteiger partial charge in [0, 0.05) is 6.42 Å². The van der Waals surface area contributed by atoms with E-state index < -0.39 is 0 Å². The average molecular weight is 211 g/mol. The lowest BCUT2D eigenvalue weighted by molar-refractivity contribution is -0.117. The Labute approximate surface area is 91.4 Å². The molecule has 3 aliphatic rings. The molecule has 3 heterocycles. The molecule has 0 saturated carbocycles. The summed E-state index contributed by atoms with van der Waals surface area (Å²) in [7, 11) is 0. The Morgan fingerprint density at radius 1 is 1.07 bits per heavy atom. The van der Waals surface area contributed by atoms with Gasteiger partial charge < -0.3 is 9.84 Å². The zero-order valence-electron chi connectivity index (χ0n) is 9.27. The van der Waals surface area contributed by atoms with Crippen LogP contribution in [0.2, 0.25) is 0 Å². The third kappa shape index (κ3) is 1.81. The SMILES string of the molecule is O[C@H]1C[C@H]2CC[C@H](O2)[C@H]1N1CCCCC1. The van der Waals surface area contributed by atoms with E-state index in [1.54, 1.807) is 0 Å². The molecule has 2 bridgehead atoms. The number of aliphatic hydroxyl groups excluding tert-OH is 1. The Kier molecular flexibility index (Phi) is 2.71. The predicted octanol–water partition coefficient (Wildman–Crippen LogP) is 1.15. The van der Waals surface area contributed by atoms with E-state index >= 15 is 0 Å². The van der Waals surface area contributed by atoms with E-state index in [2.05, 4.69) is 4.90 Å². The molecule has 0 aromatic rings. The van der Waals surface area contributed by atoms with E-state index in [-0.39, 0.29) is 6.10 Å². The van der Waals surface area contributed by atoms with E-state index in [4.69, 9.17) is 4.74 Å². The number of likely N-dealkylation sites (tertiary alicyclic amines) is 1. The van der Waals surface area contributed by atoms with Crippen molar-refractivity contribution < 1.29 is 9.84 Å². The molecule has 3 fully saturated rings. The third-order valence-electron chi connectivity index (χ3n) is 4.23. The van der Waals surface area contributed by atoms with Gasteiger partial charge in [-0.3, -0.25) is 4.90 Å². The van der Waals surface area contributed by atoms with Gasteiger partial charge in [-0.2, -0.15) is 0 Å². The molecule has 4 atom stereocenters. The molecule has 0 spiro atoms. The van der Waals surface area contributed by atoms with Crippen molar-refractivity contribution >= 4 is 0 Å². The van der Waals surface area contributed by atoms with Gasteiger partial charge in [-0.1, -0.05) is 6.42 Å². The van der Waals surface area contributed by atoms with Crippen LogP contribution in [0.3, 0.4) is 0 Å². The maximum absolute atomic E-state index is 10.2. The number of rotatable bonds is 1. The van der Waals surface area contributed by atoms with Gasteiger partial charge in [0.05, 0.1) is 24.4 Å². The largest absolute Gasteiger partial charge is 0.391 e. The van der Waals surface area contributed by atoms with Crippen LogP contribution >= 0.6 is 0 Å². The minimum absolute atomic E-state index is 0.144.